The van der Waals surface area contributed by atoms with Crippen LogP contribution in [0.4, 0.5) is 4.79 Å². The van der Waals surface area contributed by atoms with Crippen molar-refractivity contribution in [2.45, 2.75) is 19.1 Å². The topological polar surface area (TPSA) is 52.7 Å². The Kier molecular flexibility index (Phi) is 4.31. The molecule has 1 saturated heterocycles. The Hall–Kier alpha value is -3.60. The second-order valence-electron chi connectivity index (χ2n) is 7.84. The highest BCUT2D eigenvalue weighted by Crippen LogP contribution is 2.49. The molecule has 0 radical (unpaired) electrons. The van der Waals surface area contributed by atoms with Crippen LogP contribution in [-0.2, 0) is 12.2 Å². The summed E-state index contributed by atoms with van der Waals surface area (Å²) in [7, 11) is 0. The number of rotatable bonds is 3. The Balaban J connectivity index is 1.54. The summed E-state index contributed by atoms with van der Waals surface area (Å²) in [6, 6.07) is 25.4. The second kappa shape index (κ2) is 7.02. The zero-order valence-corrected chi connectivity index (χ0v) is 16.8. The first-order valence-corrected chi connectivity index (χ1v) is 10.2. The number of amides is 3. The molecule has 150 valence electrons. The van der Waals surface area contributed by atoms with Gasteiger partial charge in [-0.2, -0.15) is 0 Å². The van der Waals surface area contributed by atoms with Gasteiger partial charge in [0.05, 0.1) is 0 Å². The van der Waals surface area contributed by atoms with Crippen molar-refractivity contribution in [3.63, 3.8) is 0 Å². The molecule has 0 aromatic heterocycles. The molecule has 2 aliphatic rings. The summed E-state index contributed by atoms with van der Waals surface area (Å²) in [5.74, 6) is -0.0247. The monoisotopic (exact) mass is 397 g/mol. The Morgan fingerprint density at radius 3 is 2.40 bits per heavy atom. The molecule has 3 aromatic rings. The van der Waals surface area contributed by atoms with Gasteiger partial charge in [0.25, 0.3) is 5.91 Å². The number of hydrogen-bond donors (Lipinski definition) is 1. The molecule has 1 N–H and O–H groups in total. The average molecular weight is 397 g/mol. The van der Waals surface area contributed by atoms with E-state index in [0.29, 0.717) is 25.2 Å². The van der Waals surface area contributed by atoms with Gasteiger partial charge in [-0.05, 0) is 18.6 Å². The van der Waals surface area contributed by atoms with E-state index in [9.17, 15) is 9.59 Å². The molecule has 1 fully saturated rings. The number of hydrogen-bond acceptors (Lipinski definition) is 2. The fraction of sp³-hybridized carbons (Fsp3) is 0.200. The standard InChI is InChI=1S/C25H23N3O2/c1-18-11-13-19(14-12-18)17-26-24(30)28-16-15-27-23(29)21-9-5-6-10-22(21)25(27,28)20-7-3-2-4-8-20/h2-14H,15-17H2,1H3,(H,26,30). The molecule has 3 aromatic carbocycles. The van der Waals surface area contributed by atoms with Gasteiger partial charge >= 0.3 is 6.03 Å². The molecule has 2 aliphatic heterocycles. The van der Waals surface area contributed by atoms with E-state index in [-0.39, 0.29) is 11.9 Å². The van der Waals surface area contributed by atoms with E-state index in [0.717, 1.165) is 16.7 Å². The van der Waals surface area contributed by atoms with Crippen LogP contribution in [0, 0.1) is 6.92 Å². The average Bonchev–Trinajstić information content (AvgIpc) is 3.30. The Morgan fingerprint density at radius 2 is 1.63 bits per heavy atom. The summed E-state index contributed by atoms with van der Waals surface area (Å²) in [6.45, 7) is 3.46. The number of carbonyl (C=O) groups is 2. The lowest BCUT2D eigenvalue weighted by atomic mass is 9.90. The van der Waals surface area contributed by atoms with E-state index in [1.807, 2.05) is 90.7 Å². The molecular weight excluding hydrogens is 374 g/mol. The van der Waals surface area contributed by atoms with Crippen LogP contribution in [0.2, 0.25) is 0 Å². The second-order valence-corrected chi connectivity index (χ2v) is 7.84. The number of fused-ring (bicyclic) bond motifs is 3. The normalized spacial score (nSPS) is 19.6. The fourth-order valence-electron chi connectivity index (χ4n) is 4.69. The molecule has 1 atom stereocenters. The van der Waals surface area contributed by atoms with Crippen molar-refractivity contribution in [1.29, 1.82) is 0 Å². The van der Waals surface area contributed by atoms with Crippen molar-refractivity contribution in [2.75, 3.05) is 13.1 Å². The van der Waals surface area contributed by atoms with Gasteiger partial charge < -0.3 is 10.2 Å². The molecule has 5 rings (SSSR count). The number of nitrogens with zero attached hydrogens (tertiary/aromatic N) is 2. The van der Waals surface area contributed by atoms with Crippen LogP contribution in [-0.4, -0.2) is 34.8 Å². The Bertz CT molecular complexity index is 1110. The summed E-state index contributed by atoms with van der Waals surface area (Å²) < 4.78 is 0. The maximum Gasteiger partial charge on any atom is 0.320 e. The van der Waals surface area contributed by atoms with Gasteiger partial charge in [-0.3, -0.25) is 9.69 Å². The van der Waals surface area contributed by atoms with Crippen LogP contribution < -0.4 is 5.32 Å². The number of benzene rings is 3. The maximum absolute atomic E-state index is 13.4. The van der Waals surface area contributed by atoms with E-state index in [1.54, 1.807) is 4.90 Å². The maximum atomic E-state index is 13.4. The van der Waals surface area contributed by atoms with Gasteiger partial charge in [0.2, 0.25) is 0 Å². The molecule has 30 heavy (non-hydrogen) atoms. The molecule has 0 saturated carbocycles. The largest absolute Gasteiger partial charge is 0.334 e. The van der Waals surface area contributed by atoms with Crippen molar-refractivity contribution >= 4 is 11.9 Å². The molecule has 5 nitrogen and oxygen atoms in total. The number of nitrogens with one attached hydrogen (secondary N) is 1. The first-order chi connectivity index (χ1) is 14.6. The zero-order valence-electron chi connectivity index (χ0n) is 16.8. The number of urea groups is 1. The summed E-state index contributed by atoms with van der Waals surface area (Å²) in [5, 5.41) is 3.06. The molecule has 5 heteroatoms. The molecule has 0 bridgehead atoms. The van der Waals surface area contributed by atoms with Crippen LogP contribution in [0.15, 0.2) is 78.9 Å². The molecule has 3 amide bonds. The van der Waals surface area contributed by atoms with Crippen molar-refractivity contribution in [1.82, 2.24) is 15.1 Å². The van der Waals surface area contributed by atoms with Crippen LogP contribution in [0.5, 0.6) is 0 Å². The third kappa shape index (κ3) is 2.62. The van der Waals surface area contributed by atoms with Gasteiger partial charge in [0.15, 0.2) is 5.66 Å². The van der Waals surface area contributed by atoms with Gasteiger partial charge in [-0.25, -0.2) is 4.79 Å². The highest BCUT2D eigenvalue weighted by molar-refractivity contribution is 6.02. The van der Waals surface area contributed by atoms with Gasteiger partial charge in [-0.1, -0.05) is 78.4 Å². The van der Waals surface area contributed by atoms with Crippen molar-refractivity contribution in [3.8, 4) is 0 Å². The minimum Gasteiger partial charge on any atom is -0.334 e. The molecule has 0 spiro atoms. The van der Waals surface area contributed by atoms with Gasteiger partial charge in [0, 0.05) is 36.3 Å². The SMILES string of the molecule is Cc1ccc(CNC(=O)N2CCN3C(=O)c4ccccc4C23c2ccccc2)cc1. The molecule has 1 unspecified atom stereocenters. The minimum atomic E-state index is -0.910. The molecule has 2 heterocycles. The smallest absolute Gasteiger partial charge is 0.320 e. The number of aryl methyl sites for hydroxylation is 1. The summed E-state index contributed by atoms with van der Waals surface area (Å²) >= 11 is 0. The van der Waals surface area contributed by atoms with Crippen LogP contribution >= 0.6 is 0 Å². The quantitative estimate of drug-likeness (QED) is 0.729. The van der Waals surface area contributed by atoms with Crippen LogP contribution in [0.25, 0.3) is 0 Å². The fourth-order valence-corrected chi connectivity index (χ4v) is 4.69. The summed E-state index contributed by atoms with van der Waals surface area (Å²) in [6.07, 6.45) is 0. The minimum absolute atomic E-state index is 0.0247. The van der Waals surface area contributed by atoms with Gasteiger partial charge in [-0.15, -0.1) is 0 Å². The van der Waals surface area contributed by atoms with E-state index in [4.69, 9.17) is 0 Å². The van der Waals surface area contributed by atoms with E-state index < -0.39 is 5.66 Å². The number of carbonyl (C=O) groups excluding carboxylic acids is 2. The van der Waals surface area contributed by atoms with E-state index in [1.165, 1.54) is 5.56 Å². The van der Waals surface area contributed by atoms with Crippen LogP contribution in [0.3, 0.4) is 0 Å². The lowest BCUT2D eigenvalue weighted by Crippen LogP contribution is -2.54. The summed E-state index contributed by atoms with van der Waals surface area (Å²) in [5.41, 5.74) is 3.77. The Labute approximate surface area is 175 Å². The van der Waals surface area contributed by atoms with E-state index >= 15 is 0 Å². The first kappa shape index (κ1) is 18.4. The zero-order chi connectivity index (χ0) is 20.7. The predicted molar refractivity (Wildman–Crippen MR) is 115 cm³/mol. The van der Waals surface area contributed by atoms with Crippen LogP contribution in [0.1, 0.15) is 32.6 Å². The van der Waals surface area contributed by atoms with Gasteiger partial charge in [0.1, 0.15) is 0 Å². The highest BCUT2D eigenvalue weighted by Gasteiger charge is 2.59. The highest BCUT2D eigenvalue weighted by atomic mass is 16.2. The van der Waals surface area contributed by atoms with Crippen molar-refractivity contribution in [3.05, 3.63) is 107 Å². The lowest BCUT2D eigenvalue weighted by Gasteiger charge is -2.40. The third-order valence-electron chi connectivity index (χ3n) is 6.09. The third-order valence-corrected chi connectivity index (χ3v) is 6.09. The van der Waals surface area contributed by atoms with Crippen molar-refractivity contribution in [2.24, 2.45) is 0 Å². The van der Waals surface area contributed by atoms with E-state index in [2.05, 4.69) is 5.32 Å². The summed E-state index contributed by atoms with van der Waals surface area (Å²) in [4.78, 5) is 30.2. The lowest BCUT2D eigenvalue weighted by molar-refractivity contribution is 0.0545. The molecule has 0 aliphatic carbocycles. The molecular formula is C25H23N3O2. The van der Waals surface area contributed by atoms with Crippen molar-refractivity contribution < 1.29 is 9.59 Å². The predicted octanol–water partition coefficient (Wildman–Crippen LogP) is 3.88. The first-order valence-electron chi connectivity index (χ1n) is 10.2. The Morgan fingerprint density at radius 1 is 0.933 bits per heavy atom.